The second-order valence-corrected chi connectivity index (χ2v) is 4.31. The van der Waals surface area contributed by atoms with Gasteiger partial charge in [-0.3, -0.25) is 14.9 Å². The van der Waals surface area contributed by atoms with Crippen molar-refractivity contribution >= 4 is 17.8 Å². The fourth-order valence-electron chi connectivity index (χ4n) is 1.44. The lowest BCUT2D eigenvalue weighted by atomic mass is 10.0. The van der Waals surface area contributed by atoms with Gasteiger partial charge in [-0.25, -0.2) is 5.10 Å². The van der Waals surface area contributed by atoms with Gasteiger partial charge in [0.05, 0.1) is 6.61 Å². The molecule has 0 radical (unpaired) electrons. The summed E-state index contributed by atoms with van der Waals surface area (Å²) in [4.78, 5) is 27.0. The molecule has 1 unspecified atom stereocenters. The van der Waals surface area contributed by atoms with Gasteiger partial charge in [0.1, 0.15) is 6.04 Å². The third-order valence-electron chi connectivity index (χ3n) is 2.29. The summed E-state index contributed by atoms with van der Waals surface area (Å²) in [6, 6.07) is -0.462. The van der Waals surface area contributed by atoms with Gasteiger partial charge in [0.15, 0.2) is 0 Å². The number of nitrogens with zero attached hydrogens (tertiary/aromatic N) is 2. The fourth-order valence-corrected chi connectivity index (χ4v) is 1.44. The minimum Gasteiger partial charge on any atom is -0.463 e. The molecule has 8 nitrogen and oxygen atoms in total. The van der Waals surface area contributed by atoms with Crippen LogP contribution in [0, 0.1) is 5.92 Å². The lowest BCUT2D eigenvalue weighted by Crippen LogP contribution is -2.46. The maximum Gasteiger partial charge on any atom is 0.337 e. The van der Waals surface area contributed by atoms with E-state index in [9.17, 15) is 9.59 Å². The molecule has 1 heterocycles. The smallest absolute Gasteiger partial charge is 0.337 e. The van der Waals surface area contributed by atoms with E-state index in [1.54, 1.807) is 6.92 Å². The summed E-state index contributed by atoms with van der Waals surface area (Å²) in [5.41, 5.74) is 0. The van der Waals surface area contributed by atoms with Crippen LogP contribution in [0.25, 0.3) is 0 Å². The first-order chi connectivity index (χ1) is 8.93. The molecular formula is C11H19N5O3. The van der Waals surface area contributed by atoms with Gasteiger partial charge >= 0.3 is 6.01 Å². The van der Waals surface area contributed by atoms with Crippen LogP contribution in [0.3, 0.4) is 0 Å². The number of carbonyl (C=O) groups excluding carboxylic acids is 2. The number of rotatable bonds is 6. The summed E-state index contributed by atoms with van der Waals surface area (Å²) in [6.45, 7) is 7.29. The minimum atomic E-state index is -0.627. The molecule has 0 fully saturated rings. The largest absolute Gasteiger partial charge is 0.463 e. The number of hydrogen-bond acceptors (Lipinski definition) is 5. The molecule has 1 atom stereocenters. The van der Waals surface area contributed by atoms with Crippen molar-refractivity contribution in [1.82, 2.24) is 20.5 Å². The predicted molar refractivity (Wildman–Crippen MR) is 68.6 cm³/mol. The average Bonchev–Trinajstić information content (AvgIpc) is 2.73. The van der Waals surface area contributed by atoms with E-state index in [0.717, 1.165) is 0 Å². The van der Waals surface area contributed by atoms with Crippen LogP contribution >= 0.6 is 0 Å². The first kappa shape index (κ1) is 14.9. The van der Waals surface area contributed by atoms with Crippen molar-refractivity contribution in [3.05, 3.63) is 0 Å². The Balaban J connectivity index is 2.67. The Hall–Kier alpha value is -2.12. The molecule has 8 heteroatoms. The fraction of sp³-hybridized carbons (Fsp3) is 0.636. The number of amides is 2. The second kappa shape index (κ2) is 6.72. The van der Waals surface area contributed by atoms with Crippen LogP contribution in [0.15, 0.2) is 0 Å². The normalized spacial score (nSPS) is 12.1. The van der Waals surface area contributed by atoms with Gasteiger partial charge in [0.25, 0.3) is 0 Å². The van der Waals surface area contributed by atoms with Crippen molar-refractivity contribution in [2.45, 2.75) is 33.7 Å². The van der Waals surface area contributed by atoms with E-state index < -0.39 is 6.04 Å². The number of H-pyrrole nitrogens is 1. The van der Waals surface area contributed by atoms with Crippen molar-refractivity contribution in [3.63, 3.8) is 0 Å². The lowest BCUT2D eigenvalue weighted by Gasteiger charge is -2.19. The van der Waals surface area contributed by atoms with Crippen LogP contribution in [0.5, 0.6) is 6.01 Å². The summed E-state index contributed by atoms with van der Waals surface area (Å²) >= 11 is 0. The van der Waals surface area contributed by atoms with Gasteiger partial charge in [0.2, 0.25) is 17.8 Å². The van der Waals surface area contributed by atoms with Gasteiger partial charge in [-0.05, 0) is 12.8 Å². The van der Waals surface area contributed by atoms with Crippen molar-refractivity contribution in [3.8, 4) is 6.01 Å². The number of aromatic nitrogens is 3. The number of aromatic amines is 1. The Morgan fingerprint density at radius 3 is 2.63 bits per heavy atom. The summed E-state index contributed by atoms with van der Waals surface area (Å²) < 4.78 is 5.07. The third-order valence-corrected chi connectivity index (χ3v) is 2.29. The van der Waals surface area contributed by atoms with Gasteiger partial charge in [-0.15, -0.1) is 5.10 Å². The molecule has 0 saturated carbocycles. The molecule has 0 aliphatic carbocycles. The highest BCUT2D eigenvalue weighted by Gasteiger charge is 2.23. The predicted octanol–water partition coefficient (Wildman–Crippen LogP) is 0.303. The van der Waals surface area contributed by atoms with Gasteiger partial charge < -0.3 is 10.1 Å². The Kier molecular flexibility index (Phi) is 5.28. The molecule has 0 saturated heterocycles. The van der Waals surface area contributed by atoms with E-state index in [0.29, 0.717) is 6.61 Å². The molecule has 106 valence electrons. The van der Waals surface area contributed by atoms with Crippen LogP contribution in [0.1, 0.15) is 27.7 Å². The summed E-state index contributed by atoms with van der Waals surface area (Å²) in [5, 5.41) is 11.4. The Morgan fingerprint density at radius 1 is 1.42 bits per heavy atom. The minimum absolute atomic E-state index is 0.0433. The summed E-state index contributed by atoms with van der Waals surface area (Å²) in [7, 11) is 0. The van der Waals surface area contributed by atoms with Crippen LogP contribution < -0.4 is 15.4 Å². The lowest BCUT2D eigenvalue weighted by molar-refractivity contribution is -0.126. The van der Waals surface area contributed by atoms with Gasteiger partial charge in [0, 0.05) is 6.92 Å². The Morgan fingerprint density at radius 2 is 2.11 bits per heavy atom. The molecule has 1 aromatic heterocycles. The molecule has 0 bridgehead atoms. The molecule has 0 spiro atoms. The maximum atomic E-state index is 12.0. The van der Waals surface area contributed by atoms with E-state index in [4.69, 9.17) is 4.74 Å². The molecule has 3 N–H and O–H groups in total. The number of anilines is 1. The number of ether oxygens (including phenoxy) is 1. The molecule has 1 rings (SSSR count). The van der Waals surface area contributed by atoms with E-state index in [-0.39, 0.29) is 29.7 Å². The summed E-state index contributed by atoms with van der Waals surface area (Å²) in [5.74, 6) is -0.478. The highest BCUT2D eigenvalue weighted by Crippen LogP contribution is 2.08. The van der Waals surface area contributed by atoms with Crippen molar-refractivity contribution in [2.24, 2.45) is 5.92 Å². The Bertz CT molecular complexity index is 443. The molecule has 19 heavy (non-hydrogen) atoms. The Labute approximate surface area is 111 Å². The number of carbonyl (C=O) groups is 2. The maximum absolute atomic E-state index is 12.0. The third kappa shape index (κ3) is 4.57. The second-order valence-electron chi connectivity index (χ2n) is 4.31. The number of hydrogen-bond donors (Lipinski definition) is 3. The molecule has 0 aromatic carbocycles. The first-order valence-corrected chi connectivity index (χ1v) is 6.07. The zero-order valence-electron chi connectivity index (χ0n) is 11.5. The van der Waals surface area contributed by atoms with Crippen LogP contribution in [-0.2, 0) is 9.59 Å². The zero-order valence-corrected chi connectivity index (χ0v) is 11.5. The zero-order chi connectivity index (χ0) is 14.4. The average molecular weight is 269 g/mol. The summed E-state index contributed by atoms with van der Waals surface area (Å²) in [6.07, 6.45) is 0. The van der Waals surface area contributed by atoms with E-state index in [1.807, 2.05) is 13.8 Å². The topological polar surface area (TPSA) is 109 Å². The van der Waals surface area contributed by atoms with E-state index >= 15 is 0 Å². The quantitative estimate of drug-likeness (QED) is 0.688. The highest BCUT2D eigenvalue weighted by atomic mass is 16.5. The molecule has 0 aliphatic heterocycles. The monoisotopic (exact) mass is 269 g/mol. The van der Waals surface area contributed by atoms with E-state index in [2.05, 4.69) is 25.8 Å². The molecular weight excluding hydrogens is 250 g/mol. The SMILES string of the molecule is CCOc1n[nH]c(NC(=O)C(NC(C)=O)C(C)C)n1. The van der Waals surface area contributed by atoms with Crippen molar-refractivity contribution in [2.75, 3.05) is 11.9 Å². The first-order valence-electron chi connectivity index (χ1n) is 6.07. The molecule has 0 aliphatic rings. The standard InChI is InChI=1S/C11H19N5O3/c1-5-19-11-14-10(15-16-11)13-9(18)8(6(2)3)12-7(4)17/h6,8H,5H2,1-4H3,(H,12,17)(H2,13,14,15,16,18). The van der Waals surface area contributed by atoms with Crippen LogP contribution in [0.2, 0.25) is 0 Å². The van der Waals surface area contributed by atoms with Crippen molar-refractivity contribution in [1.29, 1.82) is 0 Å². The van der Waals surface area contributed by atoms with Crippen LogP contribution in [0.4, 0.5) is 5.95 Å². The van der Waals surface area contributed by atoms with Gasteiger partial charge in [-0.1, -0.05) is 13.8 Å². The van der Waals surface area contributed by atoms with E-state index in [1.165, 1.54) is 6.92 Å². The van der Waals surface area contributed by atoms with Crippen molar-refractivity contribution < 1.29 is 14.3 Å². The molecule has 1 aromatic rings. The molecule has 2 amide bonds. The highest BCUT2D eigenvalue weighted by molar-refractivity contribution is 5.95. The number of nitrogens with one attached hydrogen (secondary N) is 3. The van der Waals surface area contributed by atoms with Gasteiger partial charge in [-0.2, -0.15) is 4.98 Å². The van der Waals surface area contributed by atoms with Crippen LogP contribution in [-0.4, -0.2) is 39.6 Å².